The highest BCUT2D eigenvalue weighted by atomic mass is 32.2. The van der Waals surface area contributed by atoms with Gasteiger partial charge in [-0.05, 0) is 81.6 Å². The molecular weight excluding hydrogens is 474 g/mol. The summed E-state index contributed by atoms with van der Waals surface area (Å²) in [6, 6.07) is 20.3. The number of amidine groups is 1. The van der Waals surface area contributed by atoms with Gasteiger partial charge in [-0.25, -0.2) is 4.79 Å². The SMILES string of the molecule is Cc1ccc(SOc2ccc3cc(C4=NOC(C5CCCN5C(=O)OC(C)(C)C)N4)ccc3c2)cc1. The number of amides is 1. The Kier molecular flexibility index (Phi) is 6.71. The molecule has 0 aromatic heterocycles. The quantitative estimate of drug-likeness (QED) is 0.414. The van der Waals surface area contributed by atoms with Gasteiger partial charge in [0.25, 0.3) is 0 Å². The largest absolute Gasteiger partial charge is 0.444 e. The van der Waals surface area contributed by atoms with Crippen LogP contribution in [0.5, 0.6) is 5.75 Å². The molecule has 2 atom stereocenters. The molecule has 3 aromatic carbocycles. The molecule has 1 fully saturated rings. The first-order chi connectivity index (χ1) is 17.2. The van der Waals surface area contributed by atoms with Crippen molar-refractivity contribution in [1.82, 2.24) is 10.2 Å². The Bertz CT molecular complexity index is 1290. The molecule has 1 N–H and O–H groups in total. The molecule has 0 bridgehead atoms. The number of nitrogens with one attached hydrogen (secondary N) is 1. The van der Waals surface area contributed by atoms with Crippen LogP contribution in [0.15, 0.2) is 70.7 Å². The number of aryl methyl sites for hydroxylation is 1. The van der Waals surface area contributed by atoms with Crippen LogP contribution in [0.25, 0.3) is 10.8 Å². The summed E-state index contributed by atoms with van der Waals surface area (Å²) >= 11 is 1.35. The number of carbonyl (C=O) groups is 1. The van der Waals surface area contributed by atoms with Crippen molar-refractivity contribution in [2.75, 3.05) is 6.54 Å². The van der Waals surface area contributed by atoms with Gasteiger partial charge < -0.3 is 19.1 Å². The van der Waals surface area contributed by atoms with E-state index in [0.29, 0.717) is 12.4 Å². The predicted molar refractivity (Wildman–Crippen MR) is 142 cm³/mol. The van der Waals surface area contributed by atoms with Crippen molar-refractivity contribution < 1.29 is 18.6 Å². The fourth-order valence-corrected chi connectivity index (χ4v) is 4.91. The number of likely N-dealkylation sites (tertiary alicyclic amines) is 1. The summed E-state index contributed by atoms with van der Waals surface area (Å²) in [5.74, 6) is 1.46. The zero-order valence-corrected chi connectivity index (χ0v) is 21.8. The average Bonchev–Trinajstić information content (AvgIpc) is 3.52. The van der Waals surface area contributed by atoms with Crippen LogP contribution < -0.4 is 9.50 Å². The summed E-state index contributed by atoms with van der Waals surface area (Å²) in [4.78, 5) is 21.2. The molecule has 7 nitrogen and oxygen atoms in total. The maximum absolute atomic E-state index is 12.7. The fourth-order valence-electron chi connectivity index (χ4n) is 4.37. The van der Waals surface area contributed by atoms with Crippen LogP contribution in [0.3, 0.4) is 0 Å². The highest BCUT2D eigenvalue weighted by molar-refractivity contribution is 7.95. The maximum Gasteiger partial charge on any atom is 0.410 e. The van der Waals surface area contributed by atoms with E-state index in [0.717, 1.165) is 39.8 Å². The molecule has 2 unspecified atom stereocenters. The van der Waals surface area contributed by atoms with Gasteiger partial charge in [0.15, 0.2) is 5.84 Å². The van der Waals surface area contributed by atoms with Crippen molar-refractivity contribution in [3.63, 3.8) is 0 Å². The second-order valence-electron chi connectivity index (χ2n) is 10.2. The summed E-state index contributed by atoms with van der Waals surface area (Å²) in [6.07, 6.45) is 1.03. The molecule has 188 valence electrons. The third-order valence-corrected chi connectivity index (χ3v) is 6.89. The highest BCUT2D eigenvalue weighted by Gasteiger charge is 2.40. The summed E-state index contributed by atoms with van der Waals surface area (Å²) in [5.41, 5.74) is 1.61. The van der Waals surface area contributed by atoms with Crippen molar-refractivity contribution in [2.24, 2.45) is 5.16 Å². The molecule has 0 radical (unpaired) electrons. The third-order valence-electron chi connectivity index (χ3n) is 6.15. The van der Waals surface area contributed by atoms with Gasteiger partial charge in [-0.15, -0.1) is 0 Å². The topological polar surface area (TPSA) is 72.4 Å². The summed E-state index contributed by atoms with van der Waals surface area (Å²) in [5, 5.41) is 9.80. The molecule has 0 aliphatic carbocycles. The van der Waals surface area contributed by atoms with E-state index in [4.69, 9.17) is 13.8 Å². The average molecular weight is 506 g/mol. The Balaban J connectivity index is 1.23. The van der Waals surface area contributed by atoms with Gasteiger partial charge in [-0.2, -0.15) is 0 Å². The first-order valence-electron chi connectivity index (χ1n) is 12.2. The minimum Gasteiger partial charge on any atom is -0.444 e. The molecule has 1 saturated heterocycles. The minimum atomic E-state index is -0.537. The van der Waals surface area contributed by atoms with Gasteiger partial charge in [0.05, 0.1) is 18.1 Å². The molecule has 0 saturated carbocycles. The molecule has 2 aliphatic heterocycles. The third kappa shape index (κ3) is 5.54. The van der Waals surface area contributed by atoms with Crippen LogP contribution in [0.4, 0.5) is 4.79 Å². The Hall–Kier alpha value is -3.39. The smallest absolute Gasteiger partial charge is 0.410 e. The van der Waals surface area contributed by atoms with Gasteiger partial charge in [0.1, 0.15) is 11.4 Å². The lowest BCUT2D eigenvalue weighted by Crippen LogP contribution is -2.50. The van der Waals surface area contributed by atoms with Gasteiger partial charge in [-0.1, -0.05) is 41.1 Å². The molecule has 1 amide bonds. The van der Waals surface area contributed by atoms with Gasteiger partial charge >= 0.3 is 6.09 Å². The molecule has 2 heterocycles. The predicted octanol–water partition coefficient (Wildman–Crippen LogP) is 6.24. The summed E-state index contributed by atoms with van der Waals surface area (Å²) in [6.45, 7) is 8.34. The number of carbonyl (C=O) groups excluding carboxylic acids is 1. The lowest BCUT2D eigenvalue weighted by atomic mass is 10.1. The van der Waals surface area contributed by atoms with E-state index >= 15 is 0 Å². The number of fused-ring (bicyclic) bond motifs is 1. The van der Waals surface area contributed by atoms with Crippen LogP contribution in [0.1, 0.15) is 44.7 Å². The second-order valence-corrected chi connectivity index (χ2v) is 11.0. The van der Waals surface area contributed by atoms with Crippen molar-refractivity contribution >= 4 is 34.7 Å². The zero-order valence-electron chi connectivity index (χ0n) is 21.0. The van der Waals surface area contributed by atoms with Crippen LogP contribution >= 0.6 is 12.0 Å². The molecule has 3 aromatic rings. The van der Waals surface area contributed by atoms with E-state index in [1.54, 1.807) is 4.90 Å². The monoisotopic (exact) mass is 505 g/mol. The van der Waals surface area contributed by atoms with E-state index in [2.05, 4.69) is 47.7 Å². The Morgan fingerprint density at radius 1 is 1.08 bits per heavy atom. The number of ether oxygens (including phenoxy) is 1. The van der Waals surface area contributed by atoms with E-state index in [1.807, 2.05) is 51.1 Å². The normalized spacial score (nSPS) is 19.6. The van der Waals surface area contributed by atoms with E-state index in [1.165, 1.54) is 17.6 Å². The summed E-state index contributed by atoms with van der Waals surface area (Å²) < 4.78 is 11.5. The van der Waals surface area contributed by atoms with Crippen molar-refractivity contribution in [1.29, 1.82) is 0 Å². The second kappa shape index (κ2) is 9.93. The van der Waals surface area contributed by atoms with Crippen LogP contribution in [0, 0.1) is 6.92 Å². The van der Waals surface area contributed by atoms with E-state index in [-0.39, 0.29) is 12.1 Å². The van der Waals surface area contributed by atoms with Crippen LogP contribution in [-0.4, -0.2) is 41.2 Å². The number of hydrogen-bond acceptors (Lipinski definition) is 7. The number of rotatable bonds is 5. The molecule has 5 rings (SSSR count). The Labute approximate surface area is 216 Å². The van der Waals surface area contributed by atoms with Crippen molar-refractivity contribution in [2.45, 2.75) is 63.3 Å². The van der Waals surface area contributed by atoms with Crippen molar-refractivity contribution in [3.05, 3.63) is 71.8 Å². The van der Waals surface area contributed by atoms with Gasteiger partial charge in [-0.3, -0.25) is 4.90 Å². The Morgan fingerprint density at radius 3 is 2.61 bits per heavy atom. The zero-order chi connectivity index (χ0) is 25.3. The molecule has 2 aliphatic rings. The van der Waals surface area contributed by atoms with E-state index < -0.39 is 11.8 Å². The first-order valence-corrected chi connectivity index (χ1v) is 12.9. The summed E-state index contributed by atoms with van der Waals surface area (Å²) in [7, 11) is 0. The lowest BCUT2D eigenvalue weighted by molar-refractivity contribution is -0.0136. The number of benzene rings is 3. The number of oxime groups is 1. The highest BCUT2D eigenvalue weighted by Crippen LogP contribution is 2.29. The molecule has 36 heavy (non-hydrogen) atoms. The molecule has 0 spiro atoms. The fraction of sp³-hybridized carbons (Fsp3) is 0.357. The minimum absolute atomic E-state index is 0.132. The standard InChI is InChI=1S/C28H31N3O4S/c1-18-7-13-23(14-8-18)36-35-22-12-11-19-16-21(10-9-20(19)17-22)25-29-26(34-30-25)24-6-5-15-31(24)27(32)33-28(2,3)4/h7-14,16-17,24,26H,5-6,15H2,1-4H3,(H,29,30). The van der Waals surface area contributed by atoms with Crippen molar-refractivity contribution in [3.8, 4) is 5.75 Å². The van der Waals surface area contributed by atoms with Gasteiger partial charge in [0, 0.05) is 17.0 Å². The molecule has 8 heteroatoms. The maximum atomic E-state index is 12.7. The number of nitrogens with zero attached hydrogens (tertiary/aromatic N) is 2. The van der Waals surface area contributed by atoms with E-state index in [9.17, 15) is 4.79 Å². The Morgan fingerprint density at radius 2 is 1.83 bits per heavy atom. The molecular formula is C28H31N3O4S. The lowest BCUT2D eigenvalue weighted by Gasteiger charge is -2.30. The van der Waals surface area contributed by atoms with Crippen LogP contribution in [0.2, 0.25) is 0 Å². The van der Waals surface area contributed by atoms with Gasteiger partial charge in [0.2, 0.25) is 6.23 Å². The number of hydrogen-bond donors (Lipinski definition) is 1. The van der Waals surface area contributed by atoms with Crippen LogP contribution in [-0.2, 0) is 9.57 Å². The first kappa shape index (κ1) is 24.3.